The van der Waals surface area contributed by atoms with Gasteiger partial charge in [0, 0.05) is 23.5 Å². The maximum Gasteiger partial charge on any atom is 0.326 e. The summed E-state index contributed by atoms with van der Waals surface area (Å²) in [5, 5.41) is 13.0. The summed E-state index contributed by atoms with van der Waals surface area (Å²) in [6.45, 7) is 3.76. The standard InChI is InChI=1S/C18H24N2O3/c1-3-12(2)17(18(22)23)20-16(21)10-6-7-13-11-19-15-9-5-4-8-14(13)15/h4-5,8-9,11-12,17,19H,3,6-7,10H2,1-2H3,(H,20,21)(H,22,23)/t12-,17+/m0/s1. The number of benzene rings is 1. The summed E-state index contributed by atoms with van der Waals surface area (Å²) in [6.07, 6.45) is 4.51. The number of hydrogen-bond donors (Lipinski definition) is 3. The van der Waals surface area contributed by atoms with E-state index < -0.39 is 12.0 Å². The number of carbonyl (C=O) groups is 2. The highest BCUT2D eigenvalue weighted by atomic mass is 16.4. The average Bonchev–Trinajstić information content (AvgIpc) is 2.95. The van der Waals surface area contributed by atoms with Crippen LogP contribution in [0.2, 0.25) is 0 Å². The molecule has 2 atom stereocenters. The van der Waals surface area contributed by atoms with Crippen LogP contribution in [0.3, 0.4) is 0 Å². The largest absolute Gasteiger partial charge is 0.480 e. The predicted molar refractivity (Wildman–Crippen MR) is 90.3 cm³/mol. The molecule has 5 nitrogen and oxygen atoms in total. The van der Waals surface area contributed by atoms with Crippen molar-refractivity contribution in [2.75, 3.05) is 0 Å². The lowest BCUT2D eigenvalue weighted by Gasteiger charge is -2.20. The first-order valence-electron chi connectivity index (χ1n) is 8.10. The van der Waals surface area contributed by atoms with Crippen molar-refractivity contribution >= 4 is 22.8 Å². The quantitative estimate of drug-likeness (QED) is 0.700. The fourth-order valence-corrected chi connectivity index (χ4v) is 2.71. The van der Waals surface area contributed by atoms with Crippen LogP contribution >= 0.6 is 0 Å². The highest BCUT2D eigenvalue weighted by molar-refractivity contribution is 5.84. The van der Waals surface area contributed by atoms with Crippen LogP contribution in [-0.2, 0) is 16.0 Å². The van der Waals surface area contributed by atoms with Gasteiger partial charge in [0.05, 0.1) is 0 Å². The molecule has 23 heavy (non-hydrogen) atoms. The summed E-state index contributed by atoms with van der Waals surface area (Å²) in [5.74, 6) is -1.24. The number of nitrogens with one attached hydrogen (secondary N) is 2. The molecule has 0 aliphatic carbocycles. The molecule has 0 spiro atoms. The van der Waals surface area contributed by atoms with Crippen LogP contribution in [0.25, 0.3) is 10.9 Å². The molecule has 0 aliphatic rings. The number of aromatic nitrogens is 1. The van der Waals surface area contributed by atoms with Crippen LogP contribution in [0, 0.1) is 5.92 Å². The Labute approximate surface area is 136 Å². The summed E-state index contributed by atoms with van der Waals surface area (Å²) < 4.78 is 0. The Morgan fingerprint density at radius 1 is 1.30 bits per heavy atom. The van der Waals surface area contributed by atoms with Gasteiger partial charge in [0.1, 0.15) is 6.04 Å². The highest BCUT2D eigenvalue weighted by Crippen LogP contribution is 2.19. The number of hydrogen-bond acceptors (Lipinski definition) is 2. The van der Waals surface area contributed by atoms with E-state index in [1.807, 2.05) is 38.2 Å². The fourth-order valence-electron chi connectivity index (χ4n) is 2.71. The van der Waals surface area contributed by atoms with E-state index in [9.17, 15) is 14.7 Å². The van der Waals surface area contributed by atoms with Gasteiger partial charge in [-0.05, 0) is 30.4 Å². The van der Waals surface area contributed by atoms with Crippen molar-refractivity contribution in [1.29, 1.82) is 0 Å². The maximum absolute atomic E-state index is 12.0. The Morgan fingerprint density at radius 3 is 2.74 bits per heavy atom. The molecule has 1 heterocycles. The molecular formula is C18H24N2O3. The number of aliphatic carboxylic acids is 1. The molecule has 1 aromatic heterocycles. The summed E-state index contributed by atoms with van der Waals surface area (Å²) in [7, 11) is 0. The molecule has 2 aromatic rings. The minimum Gasteiger partial charge on any atom is -0.480 e. The van der Waals surface area contributed by atoms with Crippen LogP contribution in [0.5, 0.6) is 0 Å². The van der Waals surface area contributed by atoms with Crippen molar-refractivity contribution in [3.63, 3.8) is 0 Å². The number of fused-ring (bicyclic) bond motifs is 1. The van der Waals surface area contributed by atoms with Crippen molar-refractivity contribution in [2.24, 2.45) is 5.92 Å². The lowest BCUT2D eigenvalue weighted by atomic mass is 9.99. The topological polar surface area (TPSA) is 82.2 Å². The van der Waals surface area contributed by atoms with Crippen molar-refractivity contribution in [3.8, 4) is 0 Å². The van der Waals surface area contributed by atoms with Crippen LogP contribution < -0.4 is 5.32 Å². The molecule has 5 heteroatoms. The highest BCUT2D eigenvalue weighted by Gasteiger charge is 2.24. The lowest BCUT2D eigenvalue weighted by Crippen LogP contribution is -2.44. The van der Waals surface area contributed by atoms with Gasteiger partial charge in [-0.1, -0.05) is 38.5 Å². The third-order valence-corrected chi connectivity index (χ3v) is 4.32. The summed E-state index contributed by atoms with van der Waals surface area (Å²) in [6, 6.07) is 7.26. The molecule has 1 amide bonds. The number of aryl methyl sites for hydroxylation is 1. The second-order valence-corrected chi connectivity index (χ2v) is 5.98. The summed E-state index contributed by atoms with van der Waals surface area (Å²) >= 11 is 0. The third-order valence-electron chi connectivity index (χ3n) is 4.32. The van der Waals surface area contributed by atoms with Crippen molar-refractivity contribution in [1.82, 2.24) is 10.3 Å². The SMILES string of the molecule is CC[C@H](C)[C@@H](NC(=O)CCCc1c[nH]c2ccccc12)C(=O)O. The Morgan fingerprint density at radius 2 is 2.04 bits per heavy atom. The number of carboxylic acids is 1. The molecule has 1 aromatic carbocycles. The molecule has 3 N–H and O–H groups in total. The van der Waals surface area contributed by atoms with Gasteiger partial charge in [-0.15, -0.1) is 0 Å². The number of carboxylic acid groups (broad SMARTS) is 1. The number of H-pyrrole nitrogens is 1. The molecule has 0 unspecified atom stereocenters. The van der Waals surface area contributed by atoms with E-state index in [1.54, 1.807) is 0 Å². The number of carbonyl (C=O) groups excluding carboxylic acids is 1. The molecule has 124 valence electrons. The van der Waals surface area contributed by atoms with E-state index in [1.165, 1.54) is 10.9 Å². The minimum absolute atomic E-state index is 0.0786. The van der Waals surface area contributed by atoms with Crippen LogP contribution in [0.15, 0.2) is 30.5 Å². The summed E-state index contributed by atoms with van der Waals surface area (Å²) in [4.78, 5) is 26.4. The van der Waals surface area contributed by atoms with Crippen molar-refractivity contribution in [3.05, 3.63) is 36.0 Å². The van der Waals surface area contributed by atoms with Gasteiger partial charge < -0.3 is 15.4 Å². The molecule has 2 rings (SSSR count). The van der Waals surface area contributed by atoms with Gasteiger partial charge in [0.15, 0.2) is 0 Å². The lowest BCUT2D eigenvalue weighted by molar-refractivity contribution is -0.143. The van der Waals surface area contributed by atoms with E-state index >= 15 is 0 Å². The Hall–Kier alpha value is -2.30. The third kappa shape index (κ3) is 4.34. The molecule has 0 aliphatic heterocycles. The zero-order valence-corrected chi connectivity index (χ0v) is 13.6. The van der Waals surface area contributed by atoms with Crippen LogP contribution in [0.1, 0.15) is 38.7 Å². The number of amides is 1. The number of aromatic amines is 1. The van der Waals surface area contributed by atoms with Crippen molar-refractivity contribution < 1.29 is 14.7 Å². The molecule has 0 bridgehead atoms. The van der Waals surface area contributed by atoms with E-state index in [4.69, 9.17) is 0 Å². The minimum atomic E-state index is -0.968. The first kappa shape index (κ1) is 17.1. The number of rotatable bonds is 8. The van der Waals surface area contributed by atoms with Crippen molar-refractivity contribution in [2.45, 2.75) is 45.6 Å². The average molecular weight is 316 g/mol. The fraction of sp³-hybridized carbons (Fsp3) is 0.444. The van der Waals surface area contributed by atoms with Gasteiger partial charge in [0.2, 0.25) is 5.91 Å². The summed E-state index contributed by atoms with van der Waals surface area (Å²) in [5.41, 5.74) is 2.28. The molecule has 0 saturated heterocycles. The zero-order valence-electron chi connectivity index (χ0n) is 13.6. The van der Waals surface area contributed by atoms with E-state index in [2.05, 4.69) is 16.4 Å². The van der Waals surface area contributed by atoms with E-state index in [0.29, 0.717) is 19.3 Å². The van der Waals surface area contributed by atoms with Crippen LogP contribution in [0.4, 0.5) is 0 Å². The van der Waals surface area contributed by atoms with Crippen LogP contribution in [-0.4, -0.2) is 28.0 Å². The second kappa shape index (κ2) is 7.81. The van der Waals surface area contributed by atoms with Gasteiger partial charge in [-0.2, -0.15) is 0 Å². The molecular weight excluding hydrogens is 292 g/mol. The van der Waals surface area contributed by atoms with E-state index in [-0.39, 0.29) is 11.8 Å². The monoisotopic (exact) mass is 316 g/mol. The molecule has 0 fully saturated rings. The predicted octanol–water partition coefficient (Wildman–Crippen LogP) is 3.11. The Bertz CT molecular complexity index is 678. The Kier molecular flexibility index (Phi) is 5.79. The smallest absolute Gasteiger partial charge is 0.326 e. The molecule has 0 saturated carbocycles. The van der Waals surface area contributed by atoms with Gasteiger partial charge in [-0.25, -0.2) is 4.79 Å². The normalized spacial score (nSPS) is 13.7. The maximum atomic E-state index is 12.0. The zero-order chi connectivity index (χ0) is 16.8. The van der Waals surface area contributed by atoms with Gasteiger partial charge >= 0.3 is 5.97 Å². The van der Waals surface area contributed by atoms with Gasteiger partial charge in [0.25, 0.3) is 0 Å². The van der Waals surface area contributed by atoms with Gasteiger partial charge in [-0.3, -0.25) is 4.79 Å². The number of para-hydroxylation sites is 1. The second-order valence-electron chi connectivity index (χ2n) is 5.98. The molecule has 0 radical (unpaired) electrons. The first-order chi connectivity index (χ1) is 11.0. The first-order valence-corrected chi connectivity index (χ1v) is 8.10. The van der Waals surface area contributed by atoms with E-state index in [0.717, 1.165) is 11.9 Å². The Balaban J connectivity index is 1.86.